The first kappa shape index (κ1) is 37.0. The van der Waals surface area contributed by atoms with E-state index in [1.54, 1.807) is 66.9 Å². The van der Waals surface area contributed by atoms with Crippen LogP contribution >= 0.6 is 0 Å². The number of likely N-dealkylation sites (tertiary alicyclic amines) is 1. The van der Waals surface area contributed by atoms with Gasteiger partial charge in [0.25, 0.3) is 0 Å². The average Bonchev–Trinajstić information content (AvgIpc) is 3.60. The molecule has 2 aliphatic rings. The van der Waals surface area contributed by atoms with Crippen molar-refractivity contribution in [2.75, 3.05) is 20.8 Å². The van der Waals surface area contributed by atoms with E-state index in [1.807, 2.05) is 0 Å². The SMILES string of the molecule is COC(=O)C1CC(Oc2nc3cc(OC)ccc3nc2C#CCCCC2CC2OC(=O)NC(C(=O)O)C(C)(C)C)CN1C(=O)OC(C)(C)C. The van der Waals surface area contributed by atoms with E-state index in [9.17, 15) is 24.3 Å². The molecule has 1 saturated carbocycles. The molecule has 49 heavy (non-hydrogen) atoms. The molecule has 2 aromatic rings. The number of nitrogens with one attached hydrogen (secondary N) is 1. The number of carboxylic acids is 1. The van der Waals surface area contributed by atoms with Crippen LogP contribution in [0.2, 0.25) is 0 Å². The number of alkyl carbamates (subject to hydrolysis) is 1. The van der Waals surface area contributed by atoms with Gasteiger partial charge >= 0.3 is 24.1 Å². The third-order valence-electron chi connectivity index (χ3n) is 8.06. The molecule has 1 aliphatic carbocycles. The van der Waals surface area contributed by atoms with Crippen LogP contribution in [0.1, 0.15) is 79.3 Å². The number of carbonyl (C=O) groups excluding carboxylic acids is 3. The molecule has 0 bridgehead atoms. The highest BCUT2D eigenvalue weighted by Gasteiger charge is 2.44. The number of methoxy groups -OCH3 is 2. The second-order valence-corrected chi connectivity index (χ2v) is 14.3. The van der Waals surface area contributed by atoms with Crippen LogP contribution in [0.25, 0.3) is 11.0 Å². The van der Waals surface area contributed by atoms with E-state index in [4.69, 9.17) is 23.7 Å². The predicted octanol–water partition coefficient (Wildman–Crippen LogP) is 4.70. The quantitative estimate of drug-likeness (QED) is 0.153. The van der Waals surface area contributed by atoms with Crippen molar-refractivity contribution < 1.29 is 48.0 Å². The van der Waals surface area contributed by atoms with E-state index in [1.165, 1.54) is 12.0 Å². The summed E-state index contributed by atoms with van der Waals surface area (Å²) in [5.41, 5.74) is -0.0174. The predicted molar refractivity (Wildman–Crippen MR) is 177 cm³/mol. The zero-order chi connectivity index (χ0) is 36.1. The minimum Gasteiger partial charge on any atom is -0.497 e. The zero-order valence-electron chi connectivity index (χ0n) is 29.3. The first-order valence-electron chi connectivity index (χ1n) is 16.3. The molecule has 5 atom stereocenters. The van der Waals surface area contributed by atoms with Gasteiger partial charge in [0.1, 0.15) is 35.6 Å². The third-order valence-corrected chi connectivity index (χ3v) is 8.06. The van der Waals surface area contributed by atoms with E-state index in [-0.39, 0.29) is 30.9 Å². The Labute approximate surface area is 286 Å². The summed E-state index contributed by atoms with van der Waals surface area (Å²) in [7, 11) is 2.81. The number of hydrogen-bond acceptors (Lipinski definition) is 11. The van der Waals surface area contributed by atoms with Gasteiger partial charge in [0.05, 0.1) is 31.8 Å². The number of esters is 1. The van der Waals surface area contributed by atoms with Crippen LogP contribution in [-0.4, -0.2) is 94.8 Å². The van der Waals surface area contributed by atoms with Gasteiger partial charge in [-0.1, -0.05) is 26.7 Å². The molecule has 0 spiro atoms. The number of aliphatic carboxylic acids is 1. The first-order chi connectivity index (χ1) is 23.0. The zero-order valence-corrected chi connectivity index (χ0v) is 29.3. The fourth-order valence-electron chi connectivity index (χ4n) is 5.44. The Morgan fingerprint density at radius 1 is 1.06 bits per heavy atom. The van der Waals surface area contributed by atoms with Crippen LogP contribution in [0.5, 0.6) is 11.6 Å². The number of fused-ring (bicyclic) bond motifs is 1. The second-order valence-electron chi connectivity index (χ2n) is 14.3. The third kappa shape index (κ3) is 10.1. The van der Waals surface area contributed by atoms with Crippen LogP contribution in [-0.2, 0) is 23.8 Å². The topological polar surface area (TPSA) is 176 Å². The molecule has 1 saturated heterocycles. The lowest BCUT2D eigenvalue weighted by molar-refractivity contribution is -0.145. The molecule has 1 aromatic carbocycles. The highest BCUT2D eigenvalue weighted by atomic mass is 16.6. The Hall–Kier alpha value is -4.80. The average molecular weight is 683 g/mol. The highest BCUT2D eigenvalue weighted by Crippen LogP contribution is 2.38. The molecule has 2 heterocycles. The number of carboxylic acid groups (broad SMARTS) is 1. The number of aromatic nitrogens is 2. The van der Waals surface area contributed by atoms with E-state index in [0.29, 0.717) is 35.3 Å². The lowest BCUT2D eigenvalue weighted by Crippen LogP contribution is -2.49. The fraction of sp³-hybridized carbons (Fsp3) is 0.600. The van der Waals surface area contributed by atoms with Gasteiger partial charge in [-0.15, -0.1) is 0 Å². The molecule has 2 amide bonds. The molecule has 266 valence electrons. The minimum atomic E-state index is -1.11. The molecule has 1 aromatic heterocycles. The van der Waals surface area contributed by atoms with Crippen molar-refractivity contribution in [3.63, 3.8) is 0 Å². The number of carbonyl (C=O) groups is 4. The van der Waals surface area contributed by atoms with Crippen molar-refractivity contribution in [3.8, 4) is 23.5 Å². The number of nitrogens with zero attached hydrogens (tertiary/aromatic N) is 3. The van der Waals surface area contributed by atoms with Crippen LogP contribution in [0.3, 0.4) is 0 Å². The van der Waals surface area contributed by atoms with Gasteiger partial charge in [0.15, 0.2) is 5.69 Å². The highest BCUT2D eigenvalue weighted by molar-refractivity contribution is 5.83. The van der Waals surface area contributed by atoms with Crippen LogP contribution in [0, 0.1) is 23.2 Å². The monoisotopic (exact) mass is 682 g/mol. The Bertz CT molecular complexity index is 1620. The molecular weight excluding hydrogens is 636 g/mol. The van der Waals surface area contributed by atoms with Crippen molar-refractivity contribution >= 4 is 35.2 Å². The van der Waals surface area contributed by atoms with Crippen molar-refractivity contribution in [1.82, 2.24) is 20.2 Å². The van der Waals surface area contributed by atoms with Gasteiger partial charge in [-0.2, -0.15) is 0 Å². The Kier molecular flexibility index (Phi) is 11.5. The Balaban J connectivity index is 1.41. The van der Waals surface area contributed by atoms with Crippen LogP contribution < -0.4 is 14.8 Å². The van der Waals surface area contributed by atoms with Gasteiger partial charge in [-0.05, 0) is 69.4 Å². The maximum Gasteiger partial charge on any atom is 0.411 e. The Morgan fingerprint density at radius 3 is 2.43 bits per heavy atom. The number of ether oxygens (including phenoxy) is 5. The molecule has 5 unspecified atom stereocenters. The minimum absolute atomic E-state index is 0.0647. The van der Waals surface area contributed by atoms with Crippen molar-refractivity contribution in [1.29, 1.82) is 0 Å². The second kappa shape index (κ2) is 15.2. The number of unbranched alkanes of at least 4 members (excludes halogenated alkanes) is 1. The summed E-state index contributed by atoms with van der Waals surface area (Å²) in [4.78, 5) is 60.1. The van der Waals surface area contributed by atoms with Gasteiger partial charge in [0, 0.05) is 18.9 Å². The van der Waals surface area contributed by atoms with Gasteiger partial charge in [-0.25, -0.2) is 29.1 Å². The van der Waals surface area contributed by atoms with E-state index in [0.717, 1.165) is 12.8 Å². The van der Waals surface area contributed by atoms with E-state index < -0.39 is 53.3 Å². The lowest BCUT2D eigenvalue weighted by atomic mass is 9.87. The lowest BCUT2D eigenvalue weighted by Gasteiger charge is -2.27. The summed E-state index contributed by atoms with van der Waals surface area (Å²) < 4.78 is 27.5. The number of hydrogen-bond donors (Lipinski definition) is 2. The molecule has 14 nitrogen and oxygen atoms in total. The van der Waals surface area contributed by atoms with Gasteiger partial charge < -0.3 is 34.1 Å². The number of benzene rings is 1. The Morgan fingerprint density at radius 2 is 1.80 bits per heavy atom. The molecule has 14 heteroatoms. The van der Waals surface area contributed by atoms with Crippen molar-refractivity contribution in [2.45, 2.75) is 104 Å². The van der Waals surface area contributed by atoms with Gasteiger partial charge in [-0.3, -0.25) is 4.90 Å². The smallest absolute Gasteiger partial charge is 0.411 e. The standard InChI is InChI=1S/C35H46N4O10/c1-34(2,3)28(30(40)41)38-32(43)48-27-16-20(27)12-10-9-11-13-24-29(37-25-17-21(45-7)14-15-23(25)36-24)47-22-18-26(31(42)46-8)39(19-22)33(44)49-35(4,5)6/h14-15,17,20,22,26-28H,9-10,12,16,18-19H2,1-8H3,(H,38,43)(H,40,41). The molecule has 0 radical (unpaired) electrons. The van der Waals surface area contributed by atoms with Gasteiger partial charge in [0.2, 0.25) is 5.88 Å². The summed E-state index contributed by atoms with van der Waals surface area (Å²) in [6, 6.07) is 3.31. The molecular formula is C35H46N4O10. The summed E-state index contributed by atoms with van der Waals surface area (Å²) in [6.07, 6.45) is 0.652. The van der Waals surface area contributed by atoms with Crippen LogP contribution in [0.15, 0.2) is 18.2 Å². The molecule has 1 aliphatic heterocycles. The van der Waals surface area contributed by atoms with E-state index in [2.05, 4.69) is 27.1 Å². The number of rotatable bonds is 10. The summed E-state index contributed by atoms with van der Waals surface area (Å²) >= 11 is 0. The van der Waals surface area contributed by atoms with Crippen molar-refractivity contribution in [2.24, 2.45) is 11.3 Å². The normalized spacial score (nSPS) is 20.8. The maximum absolute atomic E-state index is 13.0. The van der Waals surface area contributed by atoms with Crippen LogP contribution in [0.4, 0.5) is 9.59 Å². The largest absolute Gasteiger partial charge is 0.497 e. The van der Waals surface area contributed by atoms with Crippen molar-refractivity contribution in [3.05, 3.63) is 23.9 Å². The summed E-state index contributed by atoms with van der Waals surface area (Å²) in [5, 5.41) is 11.9. The molecule has 4 rings (SSSR count). The maximum atomic E-state index is 13.0. The number of amides is 2. The fourth-order valence-corrected chi connectivity index (χ4v) is 5.44. The summed E-state index contributed by atoms with van der Waals surface area (Å²) in [5.74, 6) is 5.44. The molecule has 2 fully saturated rings. The van der Waals surface area contributed by atoms with E-state index >= 15 is 0 Å². The molecule has 2 N–H and O–H groups in total. The first-order valence-corrected chi connectivity index (χ1v) is 16.3. The summed E-state index contributed by atoms with van der Waals surface area (Å²) in [6.45, 7) is 10.5.